The summed E-state index contributed by atoms with van der Waals surface area (Å²) < 4.78 is 14.6. The van der Waals surface area contributed by atoms with Gasteiger partial charge in [-0.2, -0.15) is 0 Å². The molecular weight excluding hydrogens is 281 g/mol. The summed E-state index contributed by atoms with van der Waals surface area (Å²) in [7, 11) is 0. The smallest absolute Gasteiger partial charge is 0.146 e. The van der Waals surface area contributed by atoms with Crippen LogP contribution in [0, 0.1) is 5.82 Å². The van der Waals surface area contributed by atoms with Crippen LogP contribution in [0.25, 0.3) is 0 Å². The largest absolute Gasteiger partial charge is 0.367 e. The number of nitrogens with two attached hydrogens (primary N) is 1. The van der Waals surface area contributed by atoms with Crippen LogP contribution in [-0.4, -0.2) is 32.2 Å². The van der Waals surface area contributed by atoms with Crippen LogP contribution < -0.4 is 26.4 Å². The first-order valence-corrected chi connectivity index (χ1v) is 8.00. The van der Waals surface area contributed by atoms with E-state index in [1.165, 1.54) is 12.8 Å². The molecule has 1 aliphatic carbocycles. The van der Waals surface area contributed by atoms with Gasteiger partial charge >= 0.3 is 0 Å². The molecule has 4 rings (SSSR count). The summed E-state index contributed by atoms with van der Waals surface area (Å²) in [5.74, 6) is 5.47. The van der Waals surface area contributed by atoms with Crippen LogP contribution in [-0.2, 0) is 0 Å². The van der Waals surface area contributed by atoms with E-state index in [1.807, 2.05) is 12.1 Å². The number of nitrogens with zero attached hydrogens (tertiary/aromatic N) is 2. The van der Waals surface area contributed by atoms with Gasteiger partial charge in [0.2, 0.25) is 0 Å². The number of hydrogen-bond donors (Lipinski definition) is 3. The maximum atomic E-state index is 14.6. The Balaban J connectivity index is 1.75. The third kappa shape index (κ3) is 2.37. The van der Waals surface area contributed by atoms with Gasteiger partial charge in [-0.25, -0.2) is 9.82 Å². The molecule has 2 heterocycles. The molecule has 0 bridgehead atoms. The molecule has 5 nitrogen and oxygen atoms in total. The summed E-state index contributed by atoms with van der Waals surface area (Å²) in [6.45, 7) is 3.48. The van der Waals surface area contributed by atoms with E-state index in [4.69, 9.17) is 5.84 Å². The zero-order valence-corrected chi connectivity index (χ0v) is 12.6. The van der Waals surface area contributed by atoms with Gasteiger partial charge in [0.1, 0.15) is 5.82 Å². The Kier molecular flexibility index (Phi) is 3.52. The van der Waals surface area contributed by atoms with E-state index in [1.54, 1.807) is 6.07 Å². The lowest BCUT2D eigenvalue weighted by atomic mass is 9.99. The van der Waals surface area contributed by atoms with Gasteiger partial charge in [0.15, 0.2) is 0 Å². The number of benzene rings is 1. The van der Waals surface area contributed by atoms with E-state index in [-0.39, 0.29) is 11.9 Å². The Morgan fingerprint density at radius 3 is 2.64 bits per heavy atom. The van der Waals surface area contributed by atoms with Crippen LogP contribution in [0.5, 0.6) is 0 Å². The van der Waals surface area contributed by atoms with Crippen molar-refractivity contribution in [1.82, 2.24) is 10.7 Å². The van der Waals surface area contributed by atoms with Crippen LogP contribution in [0.4, 0.5) is 15.8 Å². The van der Waals surface area contributed by atoms with E-state index in [0.717, 1.165) is 37.4 Å². The third-order valence-electron chi connectivity index (χ3n) is 4.73. The van der Waals surface area contributed by atoms with Crippen LogP contribution in [0.1, 0.15) is 24.4 Å². The van der Waals surface area contributed by atoms with E-state index in [9.17, 15) is 4.39 Å². The first-order valence-electron chi connectivity index (χ1n) is 8.00. The minimum Gasteiger partial charge on any atom is -0.367 e. The summed E-state index contributed by atoms with van der Waals surface area (Å²) in [6, 6.07) is 4.07. The number of rotatable bonds is 3. The normalized spacial score (nSPS) is 24.5. The standard InChI is InChI=1S/C16H22FN5/c17-13-9-12-14(20-18)3-6-22(11-1-2-11)15(12)10-16(13)21-7-4-19-5-8-21/h3,6,9-11,14,19-20H,1-2,4-5,7-8,18H2. The molecule has 0 amide bonds. The lowest BCUT2D eigenvalue weighted by Gasteiger charge is -2.34. The lowest BCUT2D eigenvalue weighted by Crippen LogP contribution is -2.44. The molecule has 22 heavy (non-hydrogen) atoms. The highest BCUT2D eigenvalue weighted by Gasteiger charge is 2.33. The van der Waals surface area contributed by atoms with Gasteiger partial charge in [0.25, 0.3) is 0 Å². The number of hydrazine groups is 1. The molecule has 1 saturated heterocycles. The number of hydrogen-bond acceptors (Lipinski definition) is 5. The summed E-state index contributed by atoms with van der Waals surface area (Å²) in [5, 5.41) is 3.31. The number of nitrogens with one attached hydrogen (secondary N) is 2. The zero-order valence-electron chi connectivity index (χ0n) is 12.6. The number of fused-ring (bicyclic) bond motifs is 1. The number of anilines is 2. The number of piperazine rings is 1. The predicted molar refractivity (Wildman–Crippen MR) is 86.2 cm³/mol. The molecule has 118 valence electrons. The van der Waals surface area contributed by atoms with Gasteiger partial charge in [-0.15, -0.1) is 0 Å². The highest BCUT2D eigenvalue weighted by molar-refractivity contribution is 5.69. The van der Waals surface area contributed by atoms with E-state index >= 15 is 0 Å². The molecule has 0 aromatic heterocycles. The molecule has 6 heteroatoms. The average Bonchev–Trinajstić information content (AvgIpc) is 3.39. The van der Waals surface area contributed by atoms with Crippen molar-refractivity contribution in [2.45, 2.75) is 24.9 Å². The first kappa shape index (κ1) is 14.0. The summed E-state index contributed by atoms with van der Waals surface area (Å²) in [5.41, 5.74) is 5.48. The molecule has 1 aromatic carbocycles. The summed E-state index contributed by atoms with van der Waals surface area (Å²) >= 11 is 0. The van der Waals surface area contributed by atoms with Crippen molar-refractivity contribution in [3.8, 4) is 0 Å². The van der Waals surface area contributed by atoms with Gasteiger partial charge < -0.3 is 15.1 Å². The van der Waals surface area contributed by atoms with Gasteiger partial charge in [0.05, 0.1) is 11.7 Å². The SMILES string of the molecule is NNC1C=CN(C2CC2)c2cc(N3CCNCC3)c(F)cc21. The topological polar surface area (TPSA) is 56.6 Å². The Morgan fingerprint density at radius 1 is 1.18 bits per heavy atom. The second-order valence-corrected chi connectivity index (χ2v) is 6.22. The highest BCUT2D eigenvalue weighted by atomic mass is 19.1. The lowest BCUT2D eigenvalue weighted by molar-refractivity contribution is 0.562. The van der Waals surface area contributed by atoms with E-state index < -0.39 is 0 Å². The monoisotopic (exact) mass is 303 g/mol. The molecule has 1 saturated carbocycles. The van der Waals surface area contributed by atoms with Crippen LogP contribution in [0.2, 0.25) is 0 Å². The molecule has 0 spiro atoms. The molecular formula is C16H22FN5. The summed E-state index contributed by atoms with van der Waals surface area (Å²) in [6.07, 6.45) is 6.49. The Labute approximate surface area is 129 Å². The fourth-order valence-electron chi connectivity index (χ4n) is 3.37. The van der Waals surface area contributed by atoms with Gasteiger partial charge in [-0.05, 0) is 31.1 Å². The van der Waals surface area contributed by atoms with Crippen molar-refractivity contribution < 1.29 is 4.39 Å². The molecule has 2 aliphatic heterocycles. The summed E-state index contributed by atoms with van der Waals surface area (Å²) in [4.78, 5) is 4.40. The van der Waals surface area contributed by atoms with Crippen LogP contribution >= 0.6 is 0 Å². The van der Waals surface area contributed by atoms with Crippen molar-refractivity contribution in [2.24, 2.45) is 5.84 Å². The fraction of sp³-hybridized carbons (Fsp3) is 0.500. The van der Waals surface area contributed by atoms with Crippen LogP contribution in [0.15, 0.2) is 24.4 Å². The maximum absolute atomic E-state index is 14.6. The zero-order chi connectivity index (χ0) is 15.1. The maximum Gasteiger partial charge on any atom is 0.146 e. The third-order valence-corrected chi connectivity index (χ3v) is 4.73. The van der Waals surface area contributed by atoms with Gasteiger partial charge in [0, 0.05) is 49.7 Å². The van der Waals surface area contributed by atoms with Crippen LogP contribution in [0.3, 0.4) is 0 Å². The average molecular weight is 303 g/mol. The molecule has 1 atom stereocenters. The molecule has 4 N–H and O–H groups in total. The van der Waals surface area contributed by atoms with Gasteiger partial charge in [-0.1, -0.05) is 0 Å². The van der Waals surface area contributed by atoms with Crippen molar-refractivity contribution in [2.75, 3.05) is 36.0 Å². The van der Waals surface area contributed by atoms with Crippen molar-refractivity contribution in [1.29, 1.82) is 0 Å². The second-order valence-electron chi connectivity index (χ2n) is 6.22. The minimum atomic E-state index is -0.160. The van der Waals surface area contributed by atoms with E-state index in [2.05, 4.69) is 26.7 Å². The molecule has 1 unspecified atom stereocenters. The molecule has 0 radical (unpaired) electrons. The molecule has 1 aromatic rings. The molecule has 2 fully saturated rings. The molecule has 3 aliphatic rings. The highest BCUT2D eigenvalue weighted by Crippen LogP contribution is 2.42. The van der Waals surface area contributed by atoms with Gasteiger partial charge in [-0.3, -0.25) is 5.84 Å². The Bertz CT molecular complexity index is 592. The predicted octanol–water partition coefficient (Wildman–Crippen LogP) is 1.24. The fourth-order valence-corrected chi connectivity index (χ4v) is 3.37. The Morgan fingerprint density at radius 2 is 1.95 bits per heavy atom. The Hall–Kier alpha value is -1.63. The van der Waals surface area contributed by atoms with E-state index in [0.29, 0.717) is 11.7 Å². The van der Waals surface area contributed by atoms with Crippen molar-refractivity contribution in [3.63, 3.8) is 0 Å². The first-order chi connectivity index (χ1) is 10.8. The second kappa shape index (κ2) is 5.53. The number of halogens is 1. The quantitative estimate of drug-likeness (QED) is 0.579. The van der Waals surface area contributed by atoms with Crippen molar-refractivity contribution >= 4 is 11.4 Å². The van der Waals surface area contributed by atoms with Crippen molar-refractivity contribution in [3.05, 3.63) is 35.8 Å². The minimum absolute atomic E-state index is 0.128.